The Kier molecular flexibility index (Phi) is 8.02. The van der Waals surface area contributed by atoms with Crippen LogP contribution in [0.3, 0.4) is 0 Å². The Morgan fingerprint density at radius 1 is 1.08 bits per heavy atom. The zero-order valence-electron chi connectivity index (χ0n) is 16.0. The number of carbonyl (C=O) groups excluding carboxylic acids is 1. The van der Waals surface area contributed by atoms with E-state index >= 15 is 0 Å². The molecule has 4 heteroatoms. The molecule has 0 radical (unpaired) electrons. The molecule has 2 aliphatic rings. The van der Waals surface area contributed by atoms with Gasteiger partial charge >= 0.3 is 0 Å². The standard InChI is InChI=1S/C20H38N2O2/c1-4-16-5-7-18(8-6-16)21-19(13-15(2)3)20(24)22-11-9-17(14-23)10-12-22/h15-19,21,23H,4-14H2,1-3H3. The van der Waals surface area contributed by atoms with Gasteiger partial charge in [-0.05, 0) is 62.7 Å². The van der Waals surface area contributed by atoms with Crippen molar-refractivity contribution in [3.63, 3.8) is 0 Å². The second kappa shape index (κ2) is 9.76. The lowest BCUT2D eigenvalue weighted by atomic mass is 9.84. The van der Waals surface area contributed by atoms with Gasteiger partial charge < -0.3 is 15.3 Å². The Morgan fingerprint density at radius 3 is 2.21 bits per heavy atom. The highest BCUT2D eigenvalue weighted by molar-refractivity contribution is 5.82. The summed E-state index contributed by atoms with van der Waals surface area (Å²) in [6.45, 7) is 8.57. The first-order valence-corrected chi connectivity index (χ1v) is 10.2. The molecule has 0 spiro atoms. The van der Waals surface area contributed by atoms with Crippen molar-refractivity contribution in [1.29, 1.82) is 0 Å². The van der Waals surface area contributed by atoms with Crippen LogP contribution in [0.4, 0.5) is 0 Å². The number of aliphatic hydroxyl groups is 1. The number of hydrogen-bond acceptors (Lipinski definition) is 3. The highest BCUT2D eigenvalue weighted by atomic mass is 16.3. The predicted octanol–water partition coefficient (Wildman–Crippen LogP) is 3.19. The maximum atomic E-state index is 13.0. The molecule has 1 unspecified atom stereocenters. The first-order chi connectivity index (χ1) is 11.5. The normalized spacial score (nSPS) is 27.5. The molecular weight excluding hydrogens is 300 g/mol. The van der Waals surface area contributed by atoms with Crippen LogP contribution in [0.1, 0.15) is 72.1 Å². The van der Waals surface area contributed by atoms with Gasteiger partial charge in [-0.25, -0.2) is 0 Å². The van der Waals surface area contributed by atoms with Crippen molar-refractivity contribution in [3.8, 4) is 0 Å². The van der Waals surface area contributed by atoms with Crippen molar-refractivity contribution < 1.29 is 9.90 Å². The van der Waals surface area contributed by atoms with E-state index in [2.05, 4.69) is 26.1 Å². The minimum absolute atomic E-state index is 0.0288. The van der Waals surface area contributed by atoms with Gasteiger partial charge in [0.2, 0.25) is 5.91 Å². The van der Waals surface area contributed by atoms with Crippen LogP contribution in [0, 0.1) is 17.8 Å². The number of rotatable bonds is 7. The number of nitrogens with zero attached hydrogens (tertiary/aromatic N) is 1. The summed E-state index contributed by atoms with van der Waals surface area (Å²) in [4.78, 5) is 15.1. The van der Waals surface area contributed by atoms with Crippen LogP contribution in [-0.4, -0.2) is 47.7 Å². The van der Waals surface area contributed by atoms with Crippen molar-refractivity contribution in [2.75, 3.05) is 19.7 Å². The van der Waals surface area contributed by atoms with Gasteiger partial charge in [0.1, 0.15) is 0 Å². The van der Waals surface area contributed by atoms with E-state index in [4.69, 9.17) is 0 Å². The van der Waals surface area contributed by atoms with Gasteiger partial charge in [-0.2, -0.15) is 0 Å². The van der Waals surface area contributed by atoms with Gasteiger partial charge in [-0.1, -0.05) is 27.2 Å². The molecule has 2 N–H and O–H groups in total. The van der Waals surface area contributed by atoms with E-state index in [1.807, 2.05) is 4.90 Å². The maximum Gasteiger partial charge on any atom is 0.239 e. The lowest BCUT2D eigenvalue weighted by Crippen LogP contribution is -2.53. The number of carbonyl (C=O) groups is 1. The predicted molar refractivity (Wildman–Crippen MR) is 98.8 cm³/mol. The molecule has 140 valence electrons. The Balaban J connectivity index is 1.89. The third kappa shape index (κ3) is 5.73. The number of likely N-dealkylation sites (tertiary alicyclic amines) is 1. The van der Waals surface area contributed by atoms with Gasteiger partial charge in [-0.3, -0.25) is 4.79 Å². The summed E-state index contributed by atoms with van der Waals surface area (Å²) < 4.78 is 0. The molecule has 1 amide bonds. The van der Waals surface area contributed by atoms with E-state index in [-0.39, 0.29) is 18.6 Å². The molecule has 24 heavy (non-hydrogen) atoms. The van der Waals surface area contributed by atoms with Crippen LogP contribution in [0.15, 0.2) is 0 Å². The van der Waals surface area contributed by atoms with Gasteiger partial charge in [0, 0.05) is 25.7 Å². The van der Waals surface area contributed by atoms with E-state index in [1.165, 1.54) is 32.1 Å². The summed E-state index contributed by atoms with van der Waals surface area (Å²) in [5.41, 5.74) is 0. The fourth-order valence-electron chi connectivity index (χ4n) is 4.29. The smallest absolute Gasteiger partial charge is 0.239 e. The number of amides is 1. The average molecular weight is 339 g/mol. The minimum Gasteiger partial charge on any atom is -0.396 e. The van der Waals surface area contributed by atoms with E-state index in [9.17, 15) is 9.90 Å². The quantitative estimate of drug-likeness (QED) is 0.749. The Hall–Kier alpha value is -0.610. The molecule has 1 atom stereocenters. The SMILES string of the molecule is CCC1CCC(NC(CC(C)C)C(=O)N2CCC(CO)CC2)CC1. The Bertz CT molecular complexity index is 370. The highest BCUT2D eigenvalue weighted by Crippen LogP contribution is 2.27. The van der Waals surface area contributed by atoms with Crippen LogP contribution >= 0.6 is 0 Å². The van der Waals surface area contributed by atoms with Crippen molar-refractivity contribution in [3.05, 3.63) is 0 Å². The first-order valence-electron chi connectivity index (χ1n) is 10.2. The van der Waals surface area contributed by atoms with Crippen LogP contribution in [0.5, 0.6) is 0 Å². The van der Waals surface area contributed by atoms with Crippen LogP contribution in [0.2, 0.25) is 0 Å². The largest absolute Gasteiger partial charge is 0.396 e. The maximum absolute atomic E-state index is 13.0. The second-order valence-electron chi connectivity index (χ2n) is 8.43. The molecule has 1 aliphatic heterocycles. The summed E-state index contributed by atoms with van der Waals surface area (Å²) in [7, 11) is 0. The number of piperidine rings is 1. The van der Waals surface area contributed by atoms with Gasteiger partial charge in [0.15, 0.2) is 0 Å². The molecule has 1 aliphatic carbocycles. The van der Waals surface area contributed by atoms with Gasteiger partial charge in [0.05, 0.1) is 6.04 Å². The topological polar surface area (TPSA) is 52.6 Å². The lowest BCUT2D eigenvalue weighted by molar-refractivity contribution is -0.135. The lowest BCUT2D eigenvalue weighted by Gasteiger charge is -2.37. The molecule has 0 aromatic carbocycles. The molecule has 1 saturated heterocycles. The molecular formula is C20H38N2O2. The van der Waals surface area contributed by atoms with Crippen LogP contribution in [0.25, 0.3) is 0 Å². The molecule has 1 saturated carbocycles. The summed E-state index contributed by atoms with van der Waals surface area (Å²) in [5.74, 6) is 2.08. The van der Waals surface area contributed by atoms with E-state index < -0.39 is 0 Å². The fourth-order valence-corrected chi connectivity index (χ4v) is 4.29. The summed E-state index contributed by atoms with van der Waals surface area (Å²) in [5, 5.41) is 13.0. The molecule has 2 fully saturated rings. The molecule has 0 bridgehead atoms. The monoisotopic (exact) mass is 338 g/mol. The minimum atomic E-state index is -0.0288. The number of hydrogen-bond donors (Lipinski definition) is 2. The van der Waals surface area contributed by atoms with Gasteiger partial charge in [0.25, 0.3) is 0 Å². The van der Waals surface area contributed by atoms with Crippen molar-refractivity contribution in [2.45, 2.75) is 84.2 Å². The summed E-state index contributed by atoms with van der Waals surface area (Å²) in [6.07, 6.45) is 9.14. The zero-order chi connectivity index (χ0) is 17.5. The van der Waals surface area contributed by atoms with E-state index in [0.717, 1.165) is 38.3 Å². The molecule has 0 aromatic heterocycles. The third-order valence-electron chi connectivity index (χ3n) is 6.05. The summed E-state index contributed by atoms with van der Waals surface area (Å²) in [6, 6.07) is 0.481. The van der Waals surface area contributed by atoms with Crippen molar-refractivity contribution in [1.82, 2.24) is 10.2 Å². The summed E-state index contributed by atoms with van der Waals surface area (Å²) >= 11 is 0. The van der Waals surface area contributed by atoms with Crippen LogP contribution < -0.4 is 5.32 Å². The van der Waals surface area contributed by atoms with E-state index in [0.29, 0.717) is 17.9 Å². The fraction of sp³-hybridized carbons (Fsp3) is 0.950. The van der Waals surface area contributed by atoms with Crippen molar-refractivity contribution in [2.24, 2.45) is 17.8 Å². The van der Waals surface area contributed by atoms with Crippen molar-refractivity contribution >= 4 is 5.91 Å². The zero-order valence-corrected chi connectivity index (χ0v) is 16.0. The first kappa shape index (κ1) is 19.7. The Morgan fingerprint density at radius 2 is 1.71 bits per heavy atom. The molecule has 4 nitrogen and oxygen atoms in total. The average Bonchev–Trinajstić information content (AvgIpc) is 2.61. The van der Waals surface area contributed by atoms with Crippen LogP contribution in [-0.2, 0) is 4.79 Å². The molecule has 2 rings (SSSR count). The highest BCUT2D eigenvalue weighted by Gasteiger charge is 2.31. The molecule has 0 aromatic rings. The number of nitrogens with one attached hydrogen (secondary N) is 1. The number of aliphatic hydroxyl groups excluding tert-OH is 1. The van der Waals surface area contributed by atoms with Gasteiger partial charge in [-0.15, -0.1) is 0 Å². The van der Waals surface area contributed by atoms with E-state index in [1.54, 1.807) is 0 Å². The second-order valence-corrected chi connectivity index (χ2v) is 8.43. The third-order valence-corrected chi connectivity index (χ3v) is 6.05. The molecule has 1 heterocycles. The Labute approximate surface area is 148 Å².